The van der Waals surface area contributed by atoms with Crippen molar-refractivity contribution in [1.29, 1.82) is 0 Å². The molecule has 2 N–H and O–H groups in total. The summed E-state index contributed by atoms with van der Waals surface area (Å²) in [5.41, 5.74) is 3.34. The number of ketones is 1. The number of pyridine rings is 1. The third-order valence-electron chi connectivity index (χ3n) is 4.19. The fourth-order valence-electron chi connectivity index (χ4n) is 2.70. The van der Waals surface area contributed by atoms with Crippen LogP contribution in [0.15, 0.2) is 66.9 Å². The van der Waals surface area contributed by atoms with Crippen molar-refractivity contribution in [3.05, 3.63) is 83.7 Å². The van der Waals surface area contributed by atoms with Gasteiger partial charge in [0.25, 0.3) is 5.91 Å². The average molecular weight is 375 g/mol. The molecular formula is C22H21N3O3. The van der Waals surface area contributed by atoms with Gasteiger partial charge in [0.15, 0.2) is 5.78 Å². The first-order chi connectivity index (χ1) is 13.6. The van der Waals surface area contributed by atoms with Crippen LogP contribution in [0.3, 0.4) is 0 Å². The van der Waals surface area contributed by atoms with Gasteiger partial charge in [-0.2, -0.15) is 0 Å². The van der Waals surface area contributed by atoms with E-state index in [9.17, 15) is 9.59 Å². The maximum absolute atomic E-state index is 12.3. The quantitative estimate of drug-likeness (QED) is 0.611. The molecule has 0 radical (unpaired) electrons. The molecule has 1 heterocycles. The number of ether oxygens (including phenoxy) is 1. The van der Waals surface area contributed by atoms with Gasteiger partial charge in [0.1, 0.15) is 11.4 Å². The Labute approximate surface area is 163 Å². The summed E-state index contributed by atoms with van der Waals surface area (Å²) in [6, 6.07) is 18.1. The predicted octanol–water partition coefficient (Wildman–Crippen LogP) is 3.97. The highest BCUT2D eigenvalue weighted by atomic mass is 16.5. The van der Waals surface area contributed by atoms with E-state index in [1.165, 1.54) is 6.92 Å². The topological polar surface area (TPSA) is 80.3 Å². The zero-order chi connectivity index (χ0) is 19.9. The Bertz CT molecular complexity index is 984. The number of anilines is 2. The van der Waals surface area contributed by atoms with E-state index in [2.05, 4.69) is 15.6 Å². The van der Waals surface area contributed by atoms with Crippen LogP contribution >= 0.6 is 0 Å². The number of nitrogens with one attached hydrogen (secondary N) is 2. The molecule has 0 aliphatic carbocycles. The van der Waals surface area contributed by atoms with Gasteiger partial charge < -0.3 is 15.4 Å². The SMILES string of the molecule is COc1ccccc1CNC(=O)c1ccc(Nc2cccc(C(C)=O)c2)cn1. The highest BCUT2D eigenvalue weighted by molar-refractivity contribution is 5.95. The van der Waals surface area contributed by atoms with E-state index in [1.54, 1.807) is 37.6 Å². The van der Waals surface area contributed by atoms with Crippen molar-refractivity contribution in [2.45, 2.75) is 13.5 Å². The lowest BCUT2D eigenvalue weighted by Crippen LogP contribution is -2.24. The lowest BCUT2D eigenvalue weighted by molar-refractivity contribution is 0.0945. The predicted molar refractivity (Wildman–Crippen MR) is 108 cm³/mol. The van der Waals surface area contributed by atoms with Gasteiger partial charge in [-0.25, -0.2) is 4.98 Å². The van der Waals surface area contributed by atoms with E-state index >= 15 is 0 Å². The molecule has 0 saturated carbocycles. The van der Waals surface area contributed by atoms with Crippen molar-refractivity contribution >= 4 is 23.1 Å². The van der Waals surface area contributed by atoms with Crippen molar-refractivity contribution in [2.75, 3.05) is 12.4 Å². The van der Waals surface area contributed by atoms with Crippen LogP contribution in [-0.4, -0.2) is 23.8 Å². The minimum absolute atomic E-state index is 0.00356. The summed E-state index contributed by atoms with van der Waals surface area (Å²) in [6.45, 7) is 1.88. The number of para-hydroxylation sites is 1. The molecule has 0 spiro atoms. The smallest absolute Gasteiger partial charge is 0.270 e. The average Bonchev–Trinajstić information content (AvgIpc) is 2.73. The summed E-state index contributed by atoms with van der Waals surface area (Å²) >= 11 is 0. The first-order valence-corrected chi connectivity index (χ1v) is 8.81. The lowest BCUT2D eigenvalue weighted by Gasteiger charge is -2.10. The first kappa shape index (κ1) is 19.1. The second-order valence-electron chi connectivity index (χ2n) is 6.19. The van der Waals surface area contributed by atoms with Crippen LogP contribution in [0.4, 0.5) is 11.4 Å². The highest BCUT2D eigenvalue weighted by Crippen LogP contribution is 2.19. The number of amides is 1. The Morgan fingerprint density at radius 1 is 1.00 bits per heavy atom. The van der Waals surface area contributed by atoms with E-state index in [4.69, 9.17) is 4.74 Å². The molecule has 1 aromatic heterocycles. The standard InChI is InChI=1S/C22H21N3O3/c1-15(26)16-7-5-8-18(12-16)25-19-10-11-20(23-14-19)22(27)24-13-17-6-3-4-9-21(17)28-2/h3-12,14,25H,13H2,1-2H3,(H,24,27). The van der Waals surface area contributed by atoms with Crippen LogP contribution in [0, 0.1) is 0 Å². The number of hydrogen-bond donors (Lipinski definition) is 2. The Morgan fingerprint density at radius 2 is 1.82 bits per heavy atom. The summed E-state index contributed by atoms with van der Waals surface area (Å²) < 4.78 is 5.28. The van der Waals surface area contributed by atoms with Gasteiger partial charge in [-0.15, -0.1) is 0 Å². The number of aromatic nitrogens is 1. The zero-order valence-corrected chi connectivity index (χ0v) is 15.7. The summed E-state index contributed by atoms with van der Waals surface area (Å²) in [6.07, 6.45) is 1.58. The van der Waals surface area contributed by atoms with Crippen LogP contribution in [0.2, 0.25) is 0 Å². The second kappa shape index (κ2) is 8.81. The van der Waals surface area contributed by atoms with Crippen molar-refractivity contribution in [3.8, 4) is 5.75 Å². The fraction of sp³-hybridized carbons (Fsp3) is 0.136. The summed E-state index contributed by atoms with van der Waals surface area (Å²) in [7, 11) is 1.60. The third-order valence-corrected chi connectivity index (χ3v) is 4.19. The van der Waals surface area contributed by atoms with Gasteiger partial charge in [-0.05, 0) is 37.3 Å². The minimum Gasteiger partial charge on any atom is -0.496 e. The molecule has 142 valence electrons. The van der Waals surface area contributed by atoms with Gasteiger partial charge in [-0.1, -0.05) is 30.3 Å². The van der Waals surface area contributed by atoms with Crippen molar-refractivity contribution < 1.29 is 14.3 Å². The van der Waals surface area contributed by atoms with E-state index < -0.39 is 0 Å². The number of nitrogens with zero attached hydrogens (tertiary/aromatic N) is 1. The molecule has 6 nitrogen and oxygen atoms in total. The van der Waals surface area contributed by atoms with Gasteiger partial charge in [-0.3, -0.25) is 9.59 Å². The molecule has 0 aliphatic heterocycles. The number of Topliss-reactive ketones (excluding diaryl/α,β-unsaturated/α-hetero) is 1. The second-order valence-corrected chi connectivity index (χ2v) is 6.19. The van der Waals surface area contributed by atoms with Crippen molar-refractivity contribution in [3.63, 3.8) is 0 Å². The molecular weight excluding hydrogens is 354 g/mol. The molecule has 0 atom stereocenters. The fourth-order valence-corrected chi connectivity index (χ4v) is 2.70. The van der Waals surface area contributed by atoms with Crippen LogP contribution in [0.25, 0.3) is 0 Å². The molecule has 3 aromatic rings. The maximum Gasteiger partial charge on any atom is 0.270 e. The molecule has 3 rings (SSSR count). The van der Waals surface area contributed by atoms with E-state index in [1.807, 2.05) is 36.4 Å². The highest BCUT2D eigenvalue weighted by Gasteiger charge is 2.09. The Balaban J connectivity index is 1.63. The third kappa shape index (κ3) is 4.73. The molecule has 1 amide bonds. The number of benzene rings is 2. The van der Waals surface area contributed by atoms with Crippen LogP contribution in [0.1, 0.15) is 33.3 Å². The van der Waals surface area contributed by atoms with Gasteiger partial charge in [0.05, 0.1) is 19.0 Å². The maximum atomic E-state index is 12.3. The number of hydrogen-bond acceptors (Lipinski definition) is 5. The molecule has 0 unspecified atom stereocenters. The van der Waals surface area contributed by atoms with E-state index in [-0.39, 0.29) is 11.7 Å². The molecule has 0 aliphatic rings. The van der Waals surface area contributed by atoms with E-state index in [0.717, 1.165) is 22.7 Å². The molecule has 28 heavy (non-hydrogen) atoms. The van der Waals surface area contributed by atoms with Gasteiger partial charge >= 0.3 is 0 Å². The largest absolute Gasteiger partial charge is 0.496 e. The Hall–Kier alpha value is -3.67. The molecule has 0 fully saturated rings. The monoisotopic (exact) mass is 375 g/mol. The van der Waals surface area contributed by atoms with Gasteiger partial charge in [0, 0.05) is 23.4 Å². The summed E-state index contributed by atoms with van der Waals surface area (Å²) in [4.78, 5) is 28.0. The van der Waals surface area contributed by atoms with Crippen LogP contribution in [0.5, 0.6) is 5.75 Å². The molecule has 6 heteroatoms. The van der Waals surface area contributed by atoms with Gasteiger partial charge in [0.2, 0.25) is 0 Å². The molecule has 0 saturated heterocycles. The minimum atomic E-state index is -0.268. The normalized spacial score (nSPS) is 10.2. The summed E-state index contributed by atoms with van der Waals surface area (Å²) in [5.74, 6) is 0.461. The molecule has 0 bridgehead atoms. The number of carbonyl (C=O) groups is 2. The Kier molecular flexibility index (Phi) is 6.01. The number of carbonyl (C=O) groups excluding carboxylic acids is 2. The van der Waals surface area contributed by atoms with Crippen molar-refractivity contribution in [1.82, 2.24) is 10.3 Å². The molecule has 2 aromatic carbocycles. The Morgan fingerprint density at radius 3 is 2.54 bits per heavy atom. The first-order valence-electron chi connectivity index (χ1n) is 8.81. The lowest BCUT2D eigenvalue weighted by atomic mass is 10.1. The van der Waals surface area contributed by atoms with E-state index in [0.29, 0.717) is 17.8 Å². The zero-order valence-electron chi connectivity index (χ0n) is 15.7. The van der Waals surface area contributed by atoms with Crippen molar-refractivity contribution in [2.24, 2.45) is 0 Å². The number of methoxy groups -OCH3 is 1. The summed E-state index contributed by atoms with van der Waals surface area (Å²) in [5, 5.41) is 6.01. The number of rotatable bonds is 7. The van der Waals surface area contributed by atoms with Crippen LogP contribution < -0.4 is 15.4 Å². The van der Waals surface area contributed by atoms with Crippen LogP contribution in [-0.2, 0) is 6.54 Å².